The lowest BCUT2D eigenvalue weighted by Gasteiger charge is -2.43. The topological polar surface area (TPSA) is 48.5 Å². The highest BCUT2D eigenvalue weighted by Gasteiger charge is 2.29. The van der Waals surface area contributed by atoms with Gasteiger partial charge in [-0.05, 0) is 12.1 Å². The van der Waals surface area contributed by atoms with Gasteiger partial charge in [-0.3, -0.25) is 14.7 Å². The largest absolute Gasteiger partial charge is 0.336 e. The van der Waals surface area contributed by atoms with Crippen molar-refractivity contribution < 1.29 is 4.79 Å². The minimum absolute atomic E-state index is 0.129. The molecule has 0 spiro atoms. The minimum atomic E-state index is 0.129. The Bertz CT molecular complexity index is 410. The van der Waals surface area contributed by atoms with E-state index in [0.717, 1.165) is 44.8 Å². The Morgan fingerprint density at radius 1 is 1.17 bits per heavy atom. The molecule has 96 valence electrons. The van der Waals surface area contributed by atoms with Crippen molar-refractivity contribution in [2.24, 2.45) is 0 Å². The van der Waals surface area contributed by atoms with Gasteiger partial charge in [-0.15, -0.1) is 0 Å². The summed E-state index contributed by atoms with van der Waals surface area (Å²) in [4.78, 5) is 20.6. The zero-order valence-electron chi connectivity index (χ0n) is 10.4. The molecular formula is C13H18N4O. The Balaban J connectivity index is 1.57. The predicted octanol–water partition coefficient (Wildman–Crippen LogP) is -0.189. The zero-order chi connectivity index (χ0) is 12.4. The summed E-state index contributed by atoms with van der Waals surface area (Å²) in [6.45, 7) is 5.83. The molecule has 0 unspecified atom stereocenters. The highest BCUT2D eigenvalue weighted by atomic mass is 16.2. The lowest BCUT2D eigenvalue weighted by atomic mass is 10.1. The quantitative estimate of drug-likeness (QED) is 0.786. The number of amides is 1. The maximum atomic E-state index is 12.2. The van der Waals surface area contributed by atoms with E-state index in [9.17, 15) is 4.79 Å². The number of piperazine rings is 1. The molecule has 2 aliphatic heterocycles. The second-order valence-electron chi connectivity index (χ2n) is 4.88. The van der Waals surface area contributed by atoms with E-state index in [2.05, 4.69) is 15.2 Å². The second kappa shape index (κ2) is 5.04. The number of aromatic nitrogens is 1. The molecule has 3 heterocycles. The average molecular weight is 246 g/mol. The van der Waals surface area contributed by atoms with Crippen molar-refractivity contribution in [1.29, 1.82) is 0 Å². The van der Waals surface area contributed by atoms with Gasteiger partial charge in [0.1, 0.15) is 0 Å². The fourth-order valence-electron chi connectivity index (χ4n) is 2.50. The first kappa shape index (κ1) is 11.6. The molecule has 0 aliphatic carbocycles. The van der Waals surface area contributed by atoms with Gasteiger partial charge < -0.3 is 10.2 Å². The van der Waals surface area contributed by atoms with Crippen LogP contribution >= 0.6 is 0 Å². The van der Waals surface area contributed by atoms with Crippen LogP contribution in [0, 0.1) is 0 Å². The first-order valence-corrected chi connectivity index (χ1v) is 6.48. The van der Waals surface area contributed by atoms with Crippen LogP contribution in [0.2, 0.25) is 0 Å². The van der Waals surface area contributed by atoms with Crippen molar-refractivity contribution in [3.05, 3.63) is 30.1 Å². The molecule has 3 rings (SSSR count). The maximum absolute atomic E-state index is 12.2. The number of nitrogens with zero attached hydrogens (tertiary/aromatic N) is 3. The average Bonchev–Trinajstić information content (AvgIpc) is 2.38. The van der Waals surface area contributed by atoms with Gasteiger partial charge in [0.05, 0.1) is 0 Å². The van der Waals surface area contributed by atoms with Crippen LogP contribution in [0.3, 0.4) is 0 Å². The van der Waals surface area contributed by atoms with Crippen molar-refractivity contribution in [1.82, 2.24) is 20.1 Å². The number of rotatable bonds is 2. The molecule has 5 nitrogen and oxygen atoms in total. The molecule has 0 aromatic carbocycles. The van der Waals surface area contributed by atoms with Crippen LogP contribution in [0.1, 0.15) is 10.4 Å². The molecule has 2 saturated heterocycles. The lowest BCUT2D eigenvalue weighted by molar-refractivity contribution is 0.0502. The minimum Gasteiger partial charge on any atom is -0.336 e. The van der Waals surface area contributed by atoms with Crippen molar-refractivity contribution in [2.45, 2.75) is 6.04 Å². The summed E-state index contributed by atoms with van der Waals surface area (Å²) in [5.74, 6) is 0.129. The first-order chi connectivity index (χ1) is 8.84. The van der Waals surface area contributed by atoms with Gasteiger partial charge in [-0.1, -0.05) is 0 Å². The smallest absolute Gasteiger partial charge is 0.254 e. The number of carbonyl (C=O) groups excluding carboxylic acids is 1. The molecule has 1 aromatic rings. The first-order valence-electron chi connectivity index (χ1n) is 6.48. The molecule has 0 atom stereocenters. The fourth-order valence-corrected chi connectivity index (χ4v) is 2.50. The van der Waals surface area contributed by atoms with Crippen LogP contribution in [-0.4, -0.2) is 66.0 Å². The van der Waals surface area contributed by atoms with Gasteiger partial charge in [0, 0.05) is 63.3 Å². The van der Waals surface area contributed by atoms with Crippen molar-refractivity contribution >= 4 is 5.91 Å². The summed E-state index contributed by atoms with van der Waals surface area (Å²) in [6, 6.07) is 4.25. The summed E-state index contributed by atoms with van der Waals surface area (Å²) in [5.41, 5.74) is 0.740. The lowest BCUT2D eigenvalue weighted by Crippen LogP contribution is -2.62. The van der Waals surface area contributed by atoms with E-state index in [1.807, 2.05) is 4.90 Å². The van der Waals surface area contributed by atoms with Crippen molar-refractivity contribution in [2.75, 3.05) is 39.3 Å². The highest BCUT2D eigenvalue weighted by Crippen LogP contribution is 2.12. The molecule has 5 heteroatoms. The van der Waals surface area contributed by atoms with Gasteiger partial charge in [-0.25, -0.2) is 0 Å². The second-order valence-corrected chi connectivity index (χ2v) is 4.88. The Labute approximate surface area is 107 Å². The van der Waals surface area contributed by atoms with E-state index in [-0.39, 0.29) is 5.91 Å². The third-order valence-electron chi connectivity index (χ3n) is 3.81. The van der Waals surface area contributed by atoms with Gasteiger partial charge in [0.15, 0.2) is 0 Å². The van der Waals surface area contributed by atoms with Crippen LogP contribution in [0.5, 0.6) is 0 Å². The van der Waals surface area contributed by atoms with E-state index in [4.69, 9.17) is 0 Å². The van der Waals surface area contributed by atoms with E-state index < -0.39 is 0 Å². The summed E-state index contributed by atoms with van der Waals surface area (Å²) in [5, 5.41) is 3.29. The van der Waals surface area contributed by atoms with Crippen molar-refractivity contribution in [3.63, 3.8) is 0 Å². The molecule has 0 radical (unpaired) electrons. The molecule has 1 aromatic heterocycles. The standard InChI is InChI=1S/C13H18N4O/c18-13(11-1-3-14-4-2-11)17-7-5-16(6-8-17)12-9-15-10-12/h1-4,12,15H,5-10H2. The van der Waals surface area contributed by atoms with E-state index in [0.29, 0.717) is 6.04 Å². The third kappa shape index (κ3) is 2.23. The van der Waals surface area contributed by atoms with Gasteiger partial charge in [0.2, 0.25) is 0 Å². The fraction of sp³-hybridized carbons (Fsp3) is 0.538. The van der Waals surface area contributed by atoms with E-state index >= 15 is 0 Å². The van der Waals surface area contributed by atoms with Crippen LogP contribution in [0.15, 0.2) is 24.5 Å². The van der Waals surface area contributed by atoms with Gasteiger partial charge in [0.25, 0.3) is 5.91 Å². The molecule has 18 heavy (non-hydrogen) atoms. The van der Waals surface area contributed by atoms with Gasteiger partial charge >= 0.3 is 0 Å². The predicted molar refractivity (Wildman–Crippen MR) is 68.4 cm³/mol. The molecule has 0 saturated carbocycles. The number of hydrogen-bond donors (Lipinski definition) is 1. The monoisotopic (exact) mass is 246 g/mol. The molecular weight excluding hydrogens is 228 g/mol. The number of carbonyl (C=O) groups is 1. The molecule has 2 aliphatic rings. The summed E-state index contributed by atoms with van der Waals surface area (Å²) >= 11 is 0. The molecule has 0 bridgehead atoms. The summed E-state index contributed by atoms with van der Waals surface area (Å²) in [7, 11) is 0. The Morgan fingerprint density at radius 3 is 2.39 bits per heavy atom. The Morgan fingerprint density at radius 2 is 1.83 bits per heavy atom. The molecule has 1 amide bonds. The molecule has 1 N–H and O–H groups in total. The van der Waals surface area contributed by atoms with Crippen LogP contribution in [-0.2, 0) is 0 Å². The number of nitrogens with one attached hydrogen (secondary N) is 1. The summed E-state index contributed by atoms with van der Waals surface area (Å²) < 4.78 is 0. The normalized spacial score (nSPS) is 21.7. The van der Waals surface area contributed by atoms with Crippen molar-refractivity contribution in [3.8, 4) is 0 Å². The van der Waals surface area contributed by atoms with Crippen LogP contribution < -0.4 is 5.32 Å². The van der Waals surface area contributed by atoms with Crippen LogP contribution in [0.25, 0.3) is 0 Å². The Kier molecular flexibility index (Phi) is 3.25. The summed E-state index contributed by atoms with van der Waals surface area (Å²) in [6.07, 6.45) is 3.34. The van der Waals surface area contributed by atoms with E-state index in [1.165, 1.54) is 0 Å². The third-order valence-corrected chi connectivity index (χ3v) is 3.81. The SMILES string of the molecule is O=C(c1ccncc1)N1CCN(C2CNC2)CC1. The van der Waals surface area contributed by atoms with Crippen LogP contribution in [0.4, 0.5) is 0 Å². The number of pyridine rings is 1. The van der Waals surface area contributed by atoms with Gasteiger partial charge in [-0.2, -0.15) is 0 Å². The zero-order valence-corrected chi connectivity index (χ0v) is 10.4. The number of hydrogen-bond acceptors (Lipinski definition) is 4. The Hall–Kier alpha value is -1.46. The molecule has 2 fully saturated rings. The maximum Gasteiger partial charge on any atom is 0.254 e. The highest BCUT2D eigenvalue weighted by molar-refractivity contribution is 5.94. The van der Waals surface area contributed by atoms with E-state index in [1.54, 1.807) is 24.5 Å².